The van der Waals surface area contributed by atoms with E-state index in [4.69, 9.17) is 9.47 Å². The second kappa shape index (κ2) is 10.7. The number of alkyl halides is 3. The lowest BCUT2D eigenvalue weighted by molar-refractivity contribution is -0.140. The van der Waals surface area contributed by atoms with Gasteiger partial charge in [0.05, 0.1) is 29.4 Å². The zero-order valence-corrected chi connectivity index (χ0v) is 18.7. The van der Waals surface area contributed by atoms with Crippen LogP contribution in [0.1, 0.15) is 29.6 Å². The minimum atomic E-state index is -4.60. The summed E-state index contributed by atoms with van der Waals surface area (Å²) in [5, 5.41) is 1.62. The molecule has 0 atom stereocenters. The molecule has 1 aromatic carbocycles. The minimum Gasteiger partial charge on any atom is -0.452 e. The van der Waals surface area contributed by atoms with Crippen LogP contribution >= 0.6 is 0 Å². The van der Waals surface area contributed by atoms with Gasteiger partial charge in [0.1, 0.15) is 6.54 Å². The van der Waals surface area contributed by atoms with Gasteiger partial charge in [-0.05, 0) is 31.0 Å². The zero-order chi connectivity index (χ0) is 24.1. The van der Waals surface area contributed by atoms with Gasteiger partial charge in [-0.2, -0.15) is 17.5 Å². The highest BCUT2D eigenvalue weighted by Crippen LogP contribution is 2.28. The fraction of sp³-hybridized carbons (Fsp3) is 0.600. The van der Waals surface area contributed by atoms with Crippen molar-refractivity contribution in [3.05, 3.63) is 23.8 Å². The minimum absolute atomic E-state index is 0.0846. The number of rotatable bonds is 7. The molecule has 0 aromatic heterocycles. The van der Waals surface area contributed by atoms with Gasteiger partial charge < -0.3 is 19.7 Å². The van der Waals surface area contributed by atoms with E-state index in [2.05, 4.69) is 0 Å². The van der Waals surface area contributed by atoms with Gasteiger partial charge in [0.25, 0.3) is 5.91 Å². The maximum Gasteiger partial charge on any atom is 0.405 e. The number of nitrogens with zero attached hydrogens (tertiary/aromatic N) is 2. The number of amides is 1. The molecule has 184 valence electrons. The molecule has 2 aliphatic rings. The van der Waals surface area contributed by atoms with E-state index in [1.54, 1.807) is 5.32 Å². The maximum atomic E-state index is 13.1. The Bertz CT molecular complexity index is 958. The number of anilines is 1. The summed E-state index contributed by atoms with van der Waals surface area (Å²) in [6, 6.07) is 4.12. The van der Waals surface area contributed by atoms with Crippen molar-refractivity contribution in [2.75, 3.05) is 57.4 Å². The SMILES string of the molecule is O=C(COC(=O)c1cc(S(=O)(=O)N2CCCCC2)ccc1N1CCOCC1)NCC(F)(F)F. The van der Waals surface area contributed by atoms with Gasteiger partial charge in [-0.25, -0.2) is 13.2 Å². The number of hydrogen-bond donors (Lipinski definition) is 1. The van der Waals surface area contributed by atoms with Gasteiger partial charge in [0.15, 0.2) is 6.61 Å². The summed E-state index contributed by atoms with van der Waals surface area (Å²) in [6.07, 6.45) is -2.17. The van der Waals surface area contributed by atoms with Crippen molar-refractivity contribution in [2.45, 2.75) is 30.3 Å². The predicted octanol–water partition coefficient (Wildman–Crippen LogP) is 1.53. The second-order valence-electron chi connectivity index (χ2n) is 7.71. The lowest BCUT2D eigenvalue weighted by Gasteiger charge is -2.31. The number of halogens is 3. The average molecular weight is 494 g/mol. The van der Waals surface area contributed by atoms with Crippen LogP contribution in [-0.4, -0.2) is 83.3 Å². The van der Waals surface area contributed by atoms with E-state index < -0.39 is 41.2 Å². The van der Waals surface area contributed by atoms with Crippen LogP contribution in [0, 0.1) is 0 Å². The number of ether oxygens (including phenoxy) is 2. The Morgan fingerprint density at radius 2 is 1.73 bits per heavy atom. The molecule has 2 fully saturated rings. The molecular formula is C20H26F3N3O6S. The topological polar surface area (TPSA) is 105 Å². The molecule has 0 aliphatic carbocycles. The standard InChI is InChI=1S/C20H26F3N3O6S/c21-20(22,23)14-24-18(27)13-32-19(28)16-12-15(33(29,30)26-6-2-1-3-7-26)4-5-17(16)25-8-10-31-11-9-25/h4-5,12H,1-3,6-11,13-14H2,(H,24,27). The quantitative estimate of drug-likeness (QED) is 0.575. The highest BCUT2D eigenvalue weighted by atomic mass is 32.2. The summed E-state index contributed by atoms with van der Waals surface area (Å²) in [5.74, 6) is -2.12. The van der Waals surface area contributed by atoms with Crippen molar-refractivity contribution < 1.29 is 40.7 Å². The first-order chi connectivity index (χ1) is 15.6. The highest BCUT2D eigenvalue weighted by Gasteiger charge is 2.30. The molecule has 13 heteroatoms. The Balaban J connectivity index is 1.82. The summed E-state index contributed by atoms with van der Waals surface area (Å²) in [7, 11) is -3.84. The molecule has 0 spiro atoms. The van der Waals surface area contributed by atoms with E-state index in [0.29, 0.717) is 45.1 Å². The third-order valence-corrected chi connectivity index (χ3v) is 7.21. The lowest BCUT2D eigenvalue weighted by Crippen LogP contribution is -2.38. The molecule has 2 saturated heterocycles. The monoisotopic (exact) mass is 493 g/mol. The molecule has 0 bridgehead atoms. The van der Waals surface area contributed by atoms with Crippen molar-refractivity contribution in [1.29, 1.82) is 0 Å². The van der Waals surface area contributed by atoms with Gasteiger partial charge in [-0.1, -0.05) is 6.42 Å². The molecule has 0 unspecified atom stereocenters. The van der Waals surface area contributed by atoms with Crippen LogP contribution in [0.2, 0.25) is 0 Å². The molecular weight excluding hydrogens is 467 g/mol. The van der Waals surface area contributed by atoms with E-state index in [9.17, 15) is 31.2 Å². The molecule has 2 heterocycles. The maximum absolute atomic E-state index is 13.1. The Morgan fingerprint density at radius 1 is 1.06 bits per heavy atom. The third-order valence-electron chi connectivity index (χ3n) is 5.31. The molecule has 0 radical (unpaired) electrons. The van der Waals surface area contributed by atoms with E-state index in [0.717, 1.165) is 19.3 Å². The van der Waals surface area contributed by atoms with Crippen molar-refractivity contribution >= 4 is 27.6 Å². The van der Waals surface area contributed by atoms with E-state index >= 15 is 0 Å². The zero-order valence-electron chi connectivity index (χ0n) is 17.9. The van der Waals surface area contributed by atoms with Gasteiger partial charge in [0.2, 0.25) is 10.0 Å². The van der Waals surface area contributed by atoms with Gasteiger partial charge >= 0.3 is 12.1 Å². The number of piperidine rings is 1. The van der Waals surface area contributed by atoms with Crippen LogP contribution in [0.3, 0.4) is 0 Å². The van der Waals surface area contributed by atoms with E-state index in [1.807, 2.05) is 4.90 Å². The summed E-state index contributed by atoms with van der Waals surface area (Å²) in [5.41, 5.74) is 0.315. The van der Waals surface area contributed by atoms with Gasteiger partial charge in [-0.3, -0.25) is 4.79 Å². The average Bonchev–Trinajstić information content (AvgIpc) is 2.81. The highest BCUT2D eigenvalue weighted by molar-refractivity contribution is 7.89. The fourth-order valence-corrected chi connectivity index (χ4v) is 5.18. The molecule has 2 aliphatic heterocycles. The lowest BCUT2D eigenvalue weighted by atomic mass is 10.1. The largest absolute Gasteiger partial charge is 0.452 e. The first-order valence-corrected chi connectivity index (χ1v) is 12.0. The number of esters is 1. The number of benzene rings is 1. The van der Waals surface area contributed by atoms with Crippen LogP contribution in [-0.2, 0) is 24.3 Å². The van der Waals surface area contributed by atoms with Crippen LogP contribution < -0.4 is 10.2 Å². The smallest absolute Gasteiger partial charge is 0.405 e. The number of carbonyl (C=O) groups excluding carboxylic acids is 2. The Kier molecular flexibility index (Phi) is 8.19. The molecule has 3 rings (SSSR count). The van der Waals surface area contributed by atoms with Crippen molar-refractivity contribution in [2.24, 2.45) is 0 Å². The molecule has 1 N–H and O–H groups in total. The molecule has 1 aromatic rings. The molecule has 9 nitrogen and oxygen atoms in total. The first-order valence-electron chi connectivity index (χ1n) is 10.6. The summed E-state index contributed by atoms with van der Waals surface area (Å²) in [6.45, 7) is -0.00851. The number of carbonyl (C=O) groups is 2. The third kappa shape index (κ3) is 6.81. The van der Waals surface area contributed by atoms with Crippen LogP contribution in [0.5, 0.6) is 0 Å². The van der Waals surface area contributed by atoms with Crippen molar-refractivity contribution in [1.82, 2.24) is 9.62 Å². The Labute approximate surface area is 189 Å². The summed E-state index contributed by atoms with van der Waals surface area (Å²) in [4.78, 5) is 26.1. The fourth-order valence-electron chi connectivity index (χ4n) is 3.63. The van der Waals surface area contributed by atoms with Crippen LogP contribution in [0.25, 0.3) is 0 Å². The van der Waals surface area contributed by atoms with E-state index in [-0.39, 0.29) is 10.5 Å². The van der Waals surface area contributed by atoms with Gasteiger partial charge in [0, 0.05) is 26.2 Å². The predicted molar refractivity (Wildman–Crippen MR) is 111 cm³/mol. The molecule has 1 amide bonds. The van der Waals surface area contributed by atoms with Crippen molar-refractivity contribution in [3.63, 3.8) is 0 Å². The normalized spacial score (nSPS) is 18.1. The number of morpholine rings is 1. The number of nitrogens with one attached hydrogen (secondary N) is 1. The summed E-state index contributed by atoms with van der Waals surface area (Å²) >= 11 is 0. The van der Waals surface area contributed by atoms with E-state index in [1.165, 1.54) is 22.5 Å². The summed E-state index contributed by atoms with van der Waals surface area (Å²) < 4.78 is 74.5. The second-order valence-corrected chi connectivity index (χ2v) is 9.65. The number of sulfonamides is 1. The molecule has 33 heavy (non-hydrogen) atoms. The Morgan fingerprint density at radius 3 is 2.36 bits per heavy atom. The van der Waals surface area contributed by atoms with Crippen LogP contribution in [0.4, 0.5) is 18.9 Å². The Hall–Kier alpha value is -2.38. The van der Waals surface area contributed by atoms with Crippen LogP contribution in [0.15, 0.2) is 23.1 Å². The molecule has 0 saturated carbocycles. The first kappa shape index (κ1) is 25.2. The van der Waals surface area contributed by atoms with Crippen molar-refractivity contribution in [3.8, 4) is 0 Å². The van der Waals surface area contributed by atoms with Gasteiger partial charge in [-0.15, -0.1) is 0 Å². The number of hydrogen-bond acceptors (Lipinski definition) is 7.